The zero-order valence-corrected chi connectivity index (χ0v) is 21.1. The molecule has 2 amide bonds. The second-order valence-electron chi connectivity index (χ2n) is 10.3. The van der Waals surface area contributed by atoms with E-state index in [1.807, 2.05) is 38.1 Å². The summed E-state index contributed by atoms with van der Waals surface area (Å²) in [5, 5.41) is 6.34. The lowest BCUT2D eigenvalue weighted by molar-refractivity contribution is 0.0592. The van der Waals surface area contributed by atoms with Crippen molar-refractivity contribution in [2.24, 2.45) is 10.8 Å². The first-order valence-electron chi connectivity index (χ1n) is 12.2. The van der Waals surface area contributed by atoms with Crippen LogP contribution in [0.2, 0.25) is 0 Å². The van der Waals surface area contributed by atoms with Gasteiger partial charge in [0, 0.05) is 23.7 Å². The van der Waals surface area contributed by atoms with Crippen molar-refractivity contribution in [2.75, 3.05) is 19.8 Å². The molecule has 0 aromatic heterocycles. The number of nitrogens with one attached hydrogen (secondary N) is 2. The van der Waals surface area contributed by atoms with Crippen molar-refractivity contribution in [1.82, 2.24) is 10.6 Å². The van der Waals surface area contributed by atoms with Gasteiger partial charge in [0.1, 0.15) is 11.5 Å². The Bertz CT molecular complexity index is 969. The maximum absolute atomic E-state index is 12.9. The lowest BCUT2D eigenvalue weighted by Gasteiger charge is -2.47. The van der Waals surface area contributed by atoms with Crippen LogP contribution in [-0.2, 0) is 0 Å². The molecule has 2 aromatic carbocycles. The van der Waals surface area contributed by atoms with E-state index in [-0.39, 0.29) is 28.7 Å². The maximum atomic E-state index is 12.9. The summed E-state index contributed by atoms with van der Waals surface area (Å²) in [4.78, 5) is 25.6. The van der Waals surface area contributed by atoms with Crippen LogP contribution in [0.25, 0.3) is 0 Å². The highest BCUT2D eigenvalue weighted by molar-refractivity contribution is 5.95. The van der Waals surface area contributed by atoms with E-state index < -0.39 is 0 Å². The molecular weight excluding hydrogens is 428 g/mol. The Morgan fingerprint density at radius 3 is 1.82 bits per heavy atom. The van der Waals surface area contributed by atoms with Crippen molar-refractivity contribution in [1.29, 1.82) is 0 Å². The minimum Gasteiger partial charge on any atom is -0.494 e. The van der Waals surface area contributed by atoms with Gasteiger partial charge in [0.2, 0.25) is 0 Å². The van der Waals surface area contributed by atoms with Crippen LogP contribution >= 0.6 is 0 Å². The quantitative estimate of drug-likeness (QED) is 0.531. The van der Waals surface area contributed by atoms with E-state index in [1.165, 1.54) is 0 Å². The van der Waals surface area contributed by atoms with Crippen LogP contribution in [0, 0.1) is 10.8 Å². The fraction of sp³-hybridized carbons (Fsp3) is 0.500. The smallest absolute Gasteiger partial charge is 0.251 e. The first-order chi connectivity index (χ1) is 16.1. The molecule has 1 fully saturated rings. The molecule has 3 rings (SSSR count). The van der Waals surface area contributed by atoms with Crippen LogP contribution in [0.1, 0.15) is 74.6 Å². The third-order valence-corrected chi connectivity index (χ3v) is 6.31. The average molecular weight is 467 g/mol. The SMILES string of the molecule is CCOc1ccc(C(=O)NC[C@]2(C)C[C@H](NC(=O)c3ccc(OCC)cc3)CC(C)(C)C2)cc1. The van der Waals surface area contributed by atoms with Crippen molar-refractivity contribution < 1.29 is 19.1 Å². The third-order valence-electron chi connectivity index (χ3n) is 6.31. The number of hydrogen-bond donors (Lipinski definition) is 2. The molecule has 2 atom stereocenters. The number of ether oxygens (including phenoxy) is 2. The summed E-state index contributed by atoms with van der Waals surface area (Å²) in [6, 6.07) is 14.5. The van der Waals surface area contributed by atoms with Crippen LogP contribution < -0.4 is 20.1 Å². The van der Waals surface area contributed by atoms with E-state index >= 15 is 0 Å². The molecule has 1 saturated carbocycles. The van der Waals surface area contributed by atoms with Crippen molar-refractivity contribution in [3.05, 3.63) is 59.7 Å². The van der Waals surface area contributed by atoms with Gasteiger partial charge in [0.05, 0.1) is 13.2 Å². The lowest BCUT2D eigenvalue weighted by atomic mass is 9.62. The van der Waals surface area contributed by atoms with Gasteiger partial charge in [-0.15, -0.1) is 0 Å². The molecule has 0 spiro atoms. The monoisotopic (exact) mass is 466 g/mol. The fourth-order valence-electron chi connectivity index (χ4n) is 5.27. The van der Waals surface area contributed by atoms with E-state index in [0.29, 0.717) is 30.9 Å². The van der Waals surface area contributed by atoms with Crippen molar-refractivity contribution in [3.63, 3.8) is 0 Å². The second-order valence-corrected chi connectivity index (χ2v) is 10.3. The highest BCUT2D eigenvalue weighted by Crippen LogP contribution is 2.45. The summed E-state index contributed by atoms with van der Waals surface area (Å²) in [5.41, 5.74) is 1.16. The van der Waals surface area contributed by atoms with E-state index in [2.05, 4.69) is 31.4 Å². The number of hydrogen-bond acceptors (Lipinski definition) is 4. The molecule has 184 valence electrons. The molecule has 0 saturated heterocycles. The molecular formula is C28H38N2O4. The van der Waals surface area contributed by atoms with Crippen LogP contribution in [0.5, 0.6) is 11.5 Å². The summed E-state index contributed by atoms with van der Waals surface area (Å²) in [6.45, 7) is 12.3. The van der Waals surface area contributed by atoms with Crippen molar-refractivity contribution in [3.8, 4) is 11.5 Å². The average Bonchev–Trinajstić information content (AvgIpc) is 2.77. The van der Waals surface area contributed by atoms with Gasteiger partial charge in [-0.3, -0.25) is 9.59 Å². The molecule has 6 nitrogen and oxygen atoms in total. The molecule has 0 bridgehead atoms. The Labute approximate surface area is 203 Å². The summed E-state index contributed by atoms with van der Waals surface area (Å²) in [5.74, 6) is 1.34. The highest BCUT2D eigenvalue weighted by Gasteiger charge is 2.42. The molecule has 0 unspecified atom stereocenters. The predicted octanol–water partition coefficient (Wildman–Crippen LogP) is 5.23. The van der Waals surface area contributed by atoms with Crippen LogP contribution in [0.4, 0.5) is 0 Å². The minimum atomic E-state index is -0.126. The Morgan fingerprint density at radius 2 is 1.32 bits per heavy atom. The Morgan fingerprint density at radius 1 is 0.824 bits per heavy atom. The Hall–Kier alpha value is -3.02. The van der Waals surface area contributed by atoms with Gasteiger partial charge in [0.25, 0.3) is 11.8 Å². The van der Waals surface area contributed by atoms with Gasteiger partial charge in [-0.1, -0.05) is 20.8 Å². The van der Waals surface area contributed by atoms with Gasteiger partial charge in [-0.2, -0.15) is 0 Å². The summed E-state index contributed by atoms with van der Waals surface area (Å²) in [6.07, 6.45) is 2.68. The molecule has 2 N–H and O–H groups in total. The van der Waals surface area contributed by atoms with Gasteiger partial charge >= 0.3 is 0 Å². The molecule has 0 heterocycles. The molecule has 6 heteroatoms. The van der Waals surface area contributed by atoms with Gasteiger partial charge in [0.15, 0.2) is 0 Å². The maximum Gasteiger partial charge on any atom is 0.251 e. The van der Waals surface area contributed by atoms with Crippen LogP contribution in [0.3, 0.4) is 0 Å². The highest BCUT2D eigenvalue weighted by atomic mass is 16.5. The second kappa shape index (κ2) is 10.9. The first-order valence-corrected chi connectivity index (χ1v) is 12.2. The van der Waals surface area contributed by atoms with E-state index in [1.54, 1.807) is 24.3 Å². The van der Waals surface area contributed by atoms with Crippen molar-refractivity contribution in [2.45, 2.75) is 59.9 Å². The molecule has 0 radical (unpaired) electrons. The Balaban J connectivity index is 1.61. The molecule has 34 heavy (non-hydrogen) atoms. The van der Waals surface area contributed by atoms with Crippen LogP contribution in [-0.4, -0.2) is 37.6 Å². The largest absolute Gasteiger partial charge is 0.494 e. The third kappa shape index (κ3) is 6.99. The number of rotatable bonds is 9. The van der Waals surface area contributed by atoms with E-state index in [0.717, 1.165) is 30.8 Å². The number of benzene rings is 2. The van der Waals surface area contributed by atoms with Crippen LogP contribution in [0.15, 0.2) is 48.5 Å². The minimum absolute atomic E-state index is 0.0372. The zero-order chi connectivity index (χ0) is 24.8. The van der Waals surface area contributed by atoms with Gasteiger partial charge < -0.3 is 20.1 Å². The Kier molecular flexibility index (Phi) is 8.24. The van der Waals surface area contributed by atoms with E-state index in [4.69, 9.17) is 9.47 Å². The molecule has 2 aromatic rings. The summed E-state index contributed by atoms with van der Waals surface area (Å²) >= 11 is 0. The molecule has 0 aliphatic heterocycles. The fourth-order valence-corrected chi connectivity index (χ4v) is 5.27. The summed E-state index contributed by atoms with van der Waals surface area (Å²) < 4.78 is 10.9. The standard InChI is InChI=1S/C28H38N2O4/c1-6-33-23-12-8-20(9-13-23)25(31)29-19-28(5)17-22(16-27(3,4)18-28)30-26(32)21-10-14-24(15-11-21)34-7-2/h8-15,22H,6-7,16-19H2,1-5H3,(H,29,31)(H,30,32)/t22-,28-/m1/s1. The molecule has 1 aliphatic carbocycles. The van der Waals surface area contributed by atoms with Gasteiger partial charge in [-0.05, 0) is 92.5 Å². The van der Waals surface area contributed by atoms with E-state index in [9.17, 15) is 9.59 Å². The first kappa shape index (κ1) is 25.6. The van der Waals surface area contributed by atoms with Gasteiger partial charge in [-0.25, -0.2) is 0 Å². The van der Waals surface area contributed by atoms with Crippen molar-refractivity contribution >= 4 is 11.8 Å². The number of carbonyl (C=O) groups is 2. The predicted molar refractivity (Wildman–Crippen MR) is 135 cm³/mol. The summed E-state index contributed by atoms with van der Waals surface area (Å²) in [7, 11) is 0. The lowest BCUT2D eigenvalue weighted by Crippen LogP contribution is -2.50. The number of amides is 2. The normalized spacial score (nSPS) is 21.4. The molecule has 1 aliphatic rings. The topological polar surface area (TPSA) is 76.7 Å². The zero-order valence-electron chi connectivity index (χ0n) is 21.1. The number of carbonyl (C=O) groups excluding carboxylic acids is 2.